The van der Waals surface area contributed by atoms with Crippen LogP contribution in [0.15, 0.2) is 11.1 Å². The molecule has 24 heavy (non-hydrogen) atoms. The lowest BCUT2D eigenvalue weighted by atomic mass is 9.45. The second-order valence-corrected chi connectivity index (χ2v) is 9.95. The van der Waals surface area contributed by atoms with Crippen molar-refractivity contribution >= 4 is 17.5 Å². The van der Waals surface area contributed by atoms with Gasteiger partial charge in [-0.15, -0.1) is 0 Å². The minimum atomic E-state index is -0.956. The minimum absolute atomic E-state index is 0.0362. The van der Waals surface area contributed by atoms with Crippen LogP contribution in [0.4, 0.5) is 0 Å². The van der Waals surface area contributed by atoms with Gasteiger partial charge in [0.05, 0.1) is 12.5 Å². The number of hydrogen-bond donors (Lipinski definition) is 0. The number of carbonyl (C=O) groups excluding carboxylic acids is 3. The van der Waals surface area contributed by atoms with Gasteiger partial charge in [0.2, 0.25) is 11.6 Å². The monoisotopic (exact) mass is 332 g/mol. The molecule has 3 rings (SSSR count). The van der Waals surface area contributed by atoms with E-state index in [1.165, 1.54) is 7.11 Å². The zero-order valence-electron chi connectivity index (χ0n) is 15.7. The molecule has 1 saturated carbocycles. The van der Waals surface area contributed by atoms with Gasteiger partial charge in [0.15, 0.2) is 0 Å². The highest BCUT2D eigenvalue weighted by atomic mass is 16.5. The van der Waals surface area contributed by atoms with Crippen LogP contribution in [0, 0.1) is 21.7 Å². The Labute approximate surface area is 144 Å². The summed E-state index contributed by atoms with van der Waals surface area (Å²) in [6.45, 7) is 10.2. The summed E-state index contributed by atoms with van der Waals surface area (Å²) in [5.41, 5.74) is -0.253. The first-order valence-corrected chi connectivity index (χ1v) is 8.76. The Balaban J connectivity index is 2.27. The minimum Gasteiger partial charge on any atom is -0.468 e. The fourth-order valence-electron chi connectivity index (χ4n) is 6.14. The summed E-state index contributed by atoms with van der Waals surface area (Å²) in [7, 11) is 1.38. The fourth-order valence-corrected chi connectivity index (χ4v) is 6.14. The van der Waals surface area contributed by atoms with Gasteiger partial charge in [-0.25, -0.2) is 0 Å². The number of carbonyl (C=O) groups is 3. The number of methoxy groups -OCH3 is 1. The molecule has 2 atom stereocenters. The van der Waals surface area contributed by atoms with Crippen molar-refractivity contribution in [2.75, 3.05) is 7.11 Å². The topological polar surface area (TPSA) is 60.4 Å². The zero-order valence-corrected chi connectivity index (χ0v) is 15.7. The number of esters is 1. The summed E-state index contributed by atoms with van der Waals surface area (Å²) in [6, 6.07) is 0. The summed E-state index contributed by atoms with van der Waals surface area (Å²) in [5, 5.41) is 0. The number of hydrogen-bond acceptors (Lipinski definition) is 4. The quantitative estimate of drug-likeness (QED) is 0.543. The first-order valence-electron chi connectivity index (χ1n) is 8.76. The number of Topliss-reactive ketones (excluding diaryl/α,β-unsaturated/α-hetero) is 2. The smallest absolute Gasteiger partial charge is 0.316 e. The largest absolute Gasteiger partial charge is 0.468 e. The van der Waals surface area contributed by atoms with E-state index in [-0.39, 0.29) is 22.6 Å². The van der Waals surface area contributed by atoms with E-state index >= 15 is 0 Å². The van der Waals surface area contributed by atoms with Crippen LogP contribution < -0.4 is 0 Å². The number of allylic oxidation sites excluding steroid dienone is 1. The summed E-state index contributed by atoms with van der Waals surface area (Å²) >= 11 is 0. The predicted molar refractivity (Wildman–Crippen MR) is 90.2 cm³/mol. The lowest BCUT2D eigenvalue weighted by molar-refractivity contribution is -0.162. The number of rotatable bonds is 1. The summed E-state index contributed by atoms with van der Waals surface area (Å²) in [4.78, 5) is 38.5. The molecule has 0 heterocycles. The molecule has 0 aromatic rings. The molecule has 0 N–H and O–H groups in total. The highest BCUT2D eigenvalue weighted by Gasteiger charge is 2.63. The van der Waals surface area contributed by atoms with Gasteiger partial charge in [-0.05, 0) is 42.9 Å². The Hall–Kier alpha value is -1.45. The highest BCUT2D eigenvalue weighted by Crippen LogP contribution is 2.65. The van der Waals surface area contributed by atoms with Crippen molar-refractivity contribution in [3.8, 4) is 0 Å². The van der Waals surface area contributed by atoms with E-state index in [0.29, 0.717) is 24.8 Å². The van der Waals surface area contributed by atoms with Gasteiger partial charge in [-0.3, -0.25) is 14.4 Å². The van der Waals surface area contributed by atoms with E-state index in [2.05, 4.69) is 20.8 Å². The van der Waals surface area contributed by atoms with Gasteiger partial charge in [0.1, 0.15) is 0 Å². The average molecular weight is 332 g/mol. The Morgan fingerprint density at radius 3 is 2.17 bits per heavy atom. The van der Waals surface area contributed by atoms with Gasteiger partial charge in [-0.2, -0.15) is 0 Å². The molecule has 2 bridgehead atoms. The van der Waals surface area contributed by atoms with E-state index in [1.807, 2.05) is 13.8 Å². The molecule has 0 unspecified atom stereocenters. The molecular formula is C20H28O4. The first-order chi connectivity index (χ1) is 10.9. The molecule has 0 spiro atoms. The molecule has 0 aliphatic heterocycles. The molecule has 1 fully saturated rings. The maximum Gasteiger partial charge on any atom is 0.316 e. The summed E-state index contributed by atoms with van der Waals surface area (Å²) in [6.07, 6.45) is 3.56. The van der Waals surface area contributed by atoms with Crippen LogP contribution in [-0.4, -0.2) is 24.6 Å². The lowest BCUT2D eigenvalue weighted by Gasteiger charge is -2.57. The van der Waals surface area contributed by atoms with Crippen molar-refractivity contribution < 1.29 is 19.1 Å². The van der Waals surface area contributed by atoms with Crippen molar-refractivity contribution in [2.24, 2.45) is 21.7 Å². The van der Waals surface area contributed by atoms with E-state index in [1.54, 1.807) is 0 Å². The van der Waals surface area contributed by atoms with Gasteiger partial charge in [0, 0.05) is 11.0 Å². The van der Waals surface area contributed by atoms with Crippen molar-refractivity contribution in [3.63, 3.8) is 0 Å². The van der Waals surface area contributed by atoms with Crippen LogP contribution in [0.2, 0.25) is 0 Å². The third kappa shape index (κ3) is 2.29. The highest BCUT2D eigenvalue weighted by molar-refractivity contribution is 6.47. The van der Waals surface area contributed by atoms with Crippen LogP contribution in [0.1, 0.15) is 66.7 Å². The predicted octanol–water partition coefficient (Wildman–Crippen LogP) is 3.63. The summed E-state index contributed by atoms with van der Waals surface area (Å²) < 4.78 is 5.15. The van der Waals surface area contributed by atoms with E-state index in [9.17, 15) is 14.4 Å². The molecule has 3 aliphatic carbocycles. The van der Waals surface area contributed by atoms with Crippen LogP contribution in [0.5, 0.6) is 0 Å². The van der Waals surface area contributed by atoms with E-state index < -0.39 is 16.6 Å². The van der Waals surface area contributed by atoms with Crippen LogP contribution in [-0.2, 0) is 19.1 Å². The second kappa shape index (κ2) is 4.80. The normalized spacial score (nSPS) is 37.1. The third-order valence-electron chi connectivity index (χ3n) is 6.17. The zero-order chi connectivity index (χ0) is 18.1. The average Bonchev–Trinajstić information content (AvgIpc) is 2.40. The molecule has 0 radical (unpaired) electrons. The molecule has 0 aromatic carbocycles. The molecule has 0 amide bonds. The Kier molecular flexibility index (Phi) is 3.47. The Morgan fingerprint density at radius 1 is 0.958 bits per heavy atom. The SMILES string of the molecule is COC(=O)[C@@]12CC(C)(C)C[C@@](C)(CC3=C1C(=O)C(=O)C(C)(C)C3)C2. The first kappa shape index (κ1) is 17.4. The molecule has 3 aliphatic rings. The van der Waals surface area contributed by atoms with Crippen molar-refractivity contribution in [1.29, 1.82) is 0 Å². The van der Waals surface area contributed by atoms with Crippen molar-refractivity contribution in [1.82, 2.24) is 0 Å². The number of fused-ring (bicyclic) bond motifs is 3. The summed E-state index contributed by atoms with van der Waals surface area (Å²) in [5.74, 6) is -1.17. The van der Waals surface area contributed by atoms with Gasteiger partial charge >= 0.3 is 5.97 Å². The van der Waals surface area contributed by atoms with E-state index in [0.717, 1.165) is 18.4 Å². The molecule has 4 heteroatoms. The molecule has 0 saturated heterocycles. The van der Waals surface area contributed by atoms with Crippen LogP contribution in [0.25, 0.3) is 0 Å². The van der Waals surface area contributed by atoms with E-state index in [4.69, 9.17) is 4.74 Å². The maximum absolute atomic E-state index is 13.0. The fraction of sp³-hybridized carbons (Fsp3) is 0.750. The Morgan fingerprint density at radius 2 is 1.58 bits per heavy atom. The number of ether oxygens (including phenoxy) is 1. The van der Waals surface area contributed by atoms with Gasteiger partial charge < -0.3 is 4.74 Å². The van der Waals surface area contributed by atoms with Gasteiger partial charge in [0.25, 0.3) is 0 Å². The molecule has 132 valence electrons. The Bertz CT molecular complexity index is 682. The van der Waals surface area contributed by atoms with Crippen LogP contribution >= 0.6 is 0 Å². The molecular weight excluding hydrogens is 304 g/mol. The standard InChI is InChI=1S/C20H28O4/c1-17(2)9-19(5)8-12-7-18(3,4)15(22)14(21)13(12)20(10-17,11-19)16(23)24-6/h7-11H2,1-6H3/t19-,20-/m1/s1. The lowest BCUT2D eigenvalue weighted by Crippen LogP contribution is -2.56. The maximum atomic E-state index is 13.0. The molecule has 4 nitrogen and oxygen atoms in total. The second-order valence-electron chi connectivity index (χ2n) is 9.95. The molecule has 0 aromatic heterocycles. The van der Waals surface area contributed by atoms with Crippen molar-refractivity contribution in [3.05, 3.63) is 11.1 Å². The van der Waals surface area contributed by atoms with Gasteiger partial charge in [-0.1, -0.05) is 40.2 Å². The van der Waals surface area contributed by atoms with Crippen LogP contribution in [0.3, 0.4) is 0 Å². The van der Waals surface area contributed by atoms with Crippen molar-refractivity contribution in [2.45, 2.75) is 66.7 Å². The number of ketones is 2. The third-order valence-corrected chi connectivity index (χ3v) is 6.17.